The van der Waals surface area contributed by atoms with Crippen molar-refractivity contribution in [1.82, 2.24) is 5.43 Å². The third-order valence-electron chi connectivity index (χ3n) is 5.01. The lowest BCUT2D eigenvalue weighted by molar-refractivity contribution is -0.384. The molecule has 1 amide bonds. The fourth-order valence-electron chi connectivity index (χ4n) is 3.31. The first-order valence-electron chi connectivity index (χ1n) is 10.1. The van der Waals surface area contributed by atoms with Gasteiger partial charge < -0.3 is 4.90 Å². The number of nitro benzene ring substituents is 1. The third-order valence-corrected chi connectivity index (χ3v) is 6.22. The summed E-state index contributed by atoms with van der Waals surface area (Å²) in [6.45, 7) is 3.67. The summed E-state index contributed by atoms with van der Waals surface area (Å²) in [6.07, 6.45) is 4.89. The maximum atomic E-state index is 12.4. The Bertz CT molecular complexity index is 899. The molecule has 0 aromatic heterocycles. The Hall–Kier alpha value is -2.87. The molecule has 2 aromatic rings. The van der Waals surface area contributed by atoms with Gasteiger partial charge in [0, 0.05) is 42.2 Å². The van der Waals surface area contributed by atoms with Gasteiger partial charge in [-0.05, 0) is 37.8 Å². The van der Waals surface area contributed by atoms with Crippen molar-refractivity contribution < 1.29 is 9.72 Å². The molecule has 8 heteroatoms. The molecule has 2 aromatic carbocycles. The molecule has 0 aliphatic carbocycles. The van der Waals surface area contributed by atoms with E-state index in [-0.39, 0.29) is 16.8 Å². The minimum Gasteiger partial charge on any atom is -0.371 e. The van der Waals surface area contributed by atoms with Crippen molar-refractivity contribution >= 4 is 35.3 Å². The maximum Gasteiger partial charge on any atom is 0.270 e. The highest BCUT2D eigenvalue weighted by Crippen LogP contribution is 2.27. The molecule has 7 nitrogen and oxygen atoms in total. The topological polar surface area (TPSA) is 87.8 Å². The number of thioether (sulfide) groups is 1. The van der Waals surface area contributed by atoms with E-state index in [0.717, 1.165) is 42.9 Å². The lowest BCUT2D eigenvalue weighted by Gasteiger charge is -2.29. The maximum absolute atomic E-state index is 12.4. The number of nitrogens with zero attached hydrogens (tertiary/aromatic N) is 3. The molecule has 1 fully saturated rings. The van der Waals surface area contributed by atoms with Crippen molar-refractivity contribution in [2.45, 2.75) is 37.2 Å². The van der Waals surface area contributed by atoms with E-state index in [4.69, 9.17) is 0 Å². The Morgan fingerprint density at radius 3 is 2.67 bits per heavy atom. The largest absolute Gasteiger partial charge is 0.371 e. The summed E-state index contributed by atoms with van der Waals surface area (Å²) >= 11 is 1.53. The number of nitro groups is 1. The van der Waals surface area contributed by atoms with Crippen LogP contribution in [0.3, 0.4) is 0 Å². The molecule has 0 unspecified atom stereocenters. The van der Waals surface area contributed by atoms with Crippen LogP contribution in [0.25, 0.3) is 0 Å². The second-order valence-electron chi connectivity index (χ2n) is 7.22. The van der Waals surface area contributed by atoms with Crippen LogP contribution >= 0.6 is 11.8 Å². The number of rotatable bonds is 8. The van der Waals surface area contributed by atoms with Gasteiger partial charge in [0.1, 0.15) is 0 Å². The summed E-state index contributed by atoms with van der Waals surface area (Å²) in [5.74, 6) is 0.542. The van der Waals surface area contributed by atoms with Crippen LogP contribution in [-0.4, -0.2) is 35.4 Å². The van der Waals surface area contributed by atoms with Crippen LogP contribution in [0.4, 0.5) is 11.4 Å². The van der Waals surface area contributed by atoms with E-state index in [1.54, 1.807) is 6.07 Å². The molecule has 0 saturated carbocycles. The molecule has 30 heavy (non-hydrogen) atoms. The predicted molar refractivity (Wildman–Crippen MR) is 122 cm³/mol. The van der Waals surface area contributed by atoms with E-state index >= 15 is 0 Å². The van der Waals surface area contributed by atoms with Gasteiger partial charge in [-0.1, -0.05) is 30.3 Å². The molecular weight excluding hydrogens is 400 g/mol. The van der Waals surface area contributed by atoms with E-state index in [9.17, 15) is 14.9 Å². The van der Waals surface area contributed by atoms with Crippen molar-refractivity contribution in [3.05, 3.63) is 69.8 Å². The number of carbonyl (C=O) groups excluding carboxylic acids is 1. The first kappa shape index (κ1) is 21.8. The highest BCUT2D eigenvalue weighted by molar-refractivity contribution is 7.99. The summed E-state index contributed by atoms with van der Waals surface area (Å²) in [5, 5.41) is 15.0. The van der Waals surface area contributed by atoms with Crippen LogP contribution in [0.2, 0.25) is 0 Å². The zero-order chi connectivity index (χ0) is 21.3. The second-order valence-corrected chi connectivity index (χ2v) is 8.55. The number of piperidine rings is 1. The average molecular weight is 427 g/mol. The third kappa shape index (κ3) is 6.06. The molecule has 0 bridgehead atoms. The smallest absolute Gasteiger partial charge is 0.270 e. The zero-order valence-electron chi connectivity index (χ0n) is 17.0. The summed E-state index contributed by atoms with van der Waals surface area (Å²) in [7, 11) is 0. The first-order chi connectivity index (χ1) is 14.5. The Kier molecular flexibility index (Phi) is 7.84. The van der Waals surface area contributed by atoms with E-state index in [1.807, 2.05) is 37.3 Å². The highest BCUT2D eigenvalue weighted by atomic mass is 32.2. The number of hydrogen-bond acceptors (Lipinski definition) is 6. The molecule has 1 saturated heterocycles. The molecule has 158 valence electrons. The molecule has 1 aliphatic rings. The van der Waals surface area contributed by atoms with Crippen molar-refractivity contribution in [3.8, 4) is 0 Å². The van der Waals surface area contributed by atoms with Crippen molar-refractivity contribution in [2.24, 2.45) is 5.10 Å². The molecule has 0 radical (unpaired) electrons. The number of hydrogen-bond donors (Lipinski definition) is 1. The quantitative estimate of drug-likeness (QED) is 0.385. The van der Waals surface area contributed by atoms with Crippen LogP contribution in [0.5, 0.6) is 0 Å². The number of benzene rings is 2. The Morgan fingerprint density at radius 2 is 1.97 bits per heavy atom. The van der Waals surface area contributed by atoms with E-state index < -0.39 is 4.92 Å². The average Bonchev–Trinajstić information content (AvgIpc) is 2.78. The number of hydrazone groups is 1. The van der Waals surface area contributed by atoms with E-state index in [2.05, 4.69) is 15.4 Å². The Morgan fingerprint density at radius 1 is 1.23 bits per heavy atom. The minimum atomic E-state index is -0.418. The van der Waals surface area contributed by atoms with Gasteiger partial charge in [-0.3, -0.25) is 14.9 Å². The predicted octanol–water partition coefficient (Wildman–Crippen LogP) is 4.36. The lowest BCUT2D eigenvalue weighted by Crippen LogP contribution is -2.30. The molecule has 0 spiro atoms. The van der Waals surface area contributed by atoms with Crippen molar-refractivity contribution in [2.75, 3.05) is 18.0 Å². The number of nitrogens with one attached hydrogen (secondary N) is 1. The SMILES string of the molecule is C[C@@H](SCc1ccccc1)C(=O)N/N=C\c1cc([N+](=O)[O-])ccc1N1CCCCC1. The zero-order valence-corrected chi connectivity index (χ0v) is 17.8. The standard InChI is InChI=1S/C22H26N4O3S/c1-17(30-16-18-8-4-2-5-9-18)22(27)24-23-15-19-14-20(26(28)29)10-11-21(19)25-12-6-3-7-13-25/h2,4-5,8-11,14-15,17H,3,6-7,12-13,16H2,1H3,(H,24,27)/b23-15-/t17-/m1/s1. The molecule has 1 heterocycles. The number of anilines is 1. The highest BCUT2D eigenvalue weighted by Gasteiger charge is 2.17. The van der Waals surface area contributed by atoms with Gasteiger partial charge in [0.15, 0.2) is 0 Å². The Balaban J connectivity index is 1.64. The Labute approximate surface area is 180 Å². The molecular formula is C22H26N4O3S. The van der Waals surface area contributed by atoms with Crippen molar-refractivity contribution in [1.29, 1.82) is 0 Å². The van der Waals surface area contributed by atoms with Crippen LogP contribution < -0.4 is 10.3 Å². The monoisotopic (exact) mass is 426 g/mol. The van der Waals surface area contributed by atoms with Gasteiger partial charge in [-0.2, -0.15) is 5.10 Å². The van der Waals surface area contributed by atoms with Crippen LogP contribution in [-0.2, 0) is 10.5 Å². The van der Waals surface area contributed by atoms with Crippen LogP contribution in [0.1, 0.15) is 37.3 Å². The summed E-state index contributed by atoms with van der Waals surface area (Å²) in [6, 6.07) is 14.8. The number of non-ortho nitro benzene ring substituents is 1. The van der Waals surface area contributed by atoms with Crippen LogP contribution in [0, 0.1) is 10.1 Å². The molecule has 3 rings (SSSR count). The minimum absolute atomic E-state index is 0.00956. The van der Waals surface area contributed by atoms with Gasteiger partial charge in [0.05, 0.1) is 16.4 Å². The van der Waals surface area contributed by atoms with Gasteiger partial charge in [0.25, 0.3) is 11.6 Å². The number of carbonyl (C=O) groups is 1. The molecule has 1 N–H and O–H groups in total. The van der Waals surface area contributed by atoms with Crippen molar-refractivity contribution in [3.63, 3.8) is 0 Å². The summed E-state index contributed by atoms with van der Waals surface area (Å²) < 4.78 is 0. The summed E-state index contributed by atoms with van der Waals surface area (Å²) in [4.78, 5) is 25.3. The molecule has 1 atom stereocenters. The van der Waals surface area contributed by atoms with Gasteiger partial charge in [-0.15, -0.1) is 11.8 Å². The van der Waals surface area contributed by atoms with E-state index in [1.165, 1.54) is 36.5 Å². The van der Waals surface area contributed by atoms with Gasteiger partial charge in [0.2, 0.25) is 0 Å². The number of amides is 1. The van der Waals surface area contributed by atoms with Gasteiger partial charge >= 0.3 is 0 Å². The molecule has 1 aliphatic heterocycles. The normalized spacial score (nSPS) is 15.2. The fraction of sp³-hybridized carbons (Fsp3) is 0.364. The summed E-state index contributed by atoms with van der Waals surface area (Å²) in [5.41, 5.74) is 5.28. The fourth-order valence-corrected chi connectivity index (χ4v) is 4.15. The van der Waals surface area contributed by atoms with E-state index in [0.29, 0.717) is 5.56 Å². The van der Waals surface area contributed by atoms with Gasteiger partial charge in [-0.25, -0.2) is 5.43 Å². The lowest BCUT2D eigenvalue weighted by atomic mass is 10.1. The second kappa shape index (κ2) is 10.8. The first-order valence-corrected chi connectivity index (χ1v) is 11.1. The van der Waals surface area contributed by atoms with Crippen LogP contribution in [0.15, 0.2) is 53.6 Å².